The third kappa shape index (κ3) is 3.34. The monoisotopic (exact) mass is 321 g/mol. The number of aromatic nitrogens is 2. The maximum absolute atomic E-state index is 11.9. The lowest BCUT2D eigenvalue weighted by Gasteiger charge is -2.06. The van der Waals surface area contributed by atoms with Crippen LogP contribution in [-0.2, 0) is 0 Å². The number of carbonyl (C=O) groups excluding carboxylic acids is 1. The lowest BCUT2D eigenvalue weighted by Crippen LogP contribution is -2.26. The number of amides is 1. The van der Waals surface area contributed by atoms with Gasteiger partial charge in [0.05, 0.1) is 6.20 Å². The lowest BCUT2D eigenvalue weighted by molar-refractivity contribution is 0.0946. The standard InChI is InChI=1S/C15H13Cl2N3O/c16-10-1-2-11(13(17)6-10)12-5-9(12)7-20-15(21)14-8-18-3-4-19-14/h1-4,6,8-9,12H,5,7H2,(H,20,21)/t9-,12+/m1/s1. The van der Waals surface area contributed by atoms with Crippen LogP contribution in [0.15, 0.2) is 36.8 Å². The molecule has 3 rings (SSSR count). The van der Waals surface area contributed by atoms with Crippen LogP contribution < -0.4 is 5.32 Å². The minimum atomic E-state index is -0.198. The highest BCUT2D eigenvalue weighted by molar-refractivity contribution is 6.35. The summed E-state index contributed by atoms with van der Waals surface area (Å²) < 4.78 is 0. The number of rotatable bonds is 4. The van der Waals surface area contributed by atoms with Gasteiger partial charge in [-0.2, -0.15) is 0 Å². The van der Waals surface area contributed by atoms with Crippen molar-refractivity contribution in [1.82, 2.24) is 15.3 Å². The fourth-order valence-corrected chi connectivity index (χ4v) is 2.94. The largest absolute Gasteiger partial charge is 0.350 e. The van der Waals surface area contributed by atoms with Crippen LogP contribution in [0.1, 0.15) is 28.4 Å². The summed E-state index contributed by atoms with van der Waals surface area (Å²) in [7, 11) is 0. The summed E-state index contributed by atoms with van der Waals surface area (Å²) in [5.41, 5.74) is 1.43. The van der Waals surface area contributed by atoms with E-state index in [0.717, 1.165) is 12.0 Å². The molecule has 0 unspecified atom stereocenters. The van der Waals surface area contributed by atoms with Crippen LogP contribution in [0.25, 0.3) is 0 Å². The van der Waals surface area contributed by atoms with Crippen molar-refractivity contribution >= 4 is 29.1 Å². The minimum Gasteiger partial charge on any atom is -0.350 e. The zero-order valence-electron chi connectivity index (χ0n) is 11.1. The van der Waals surface area contributed by atoms with Gasteiger partial charge >= 0.3 is 0 Å². The smallest absolute Gasteiger partial charge is 0.271 e. The summed E-state index contributed by atoms with van der Waals surface area (Å²) in [6.07, 6.45) is 5.51. The van der Waals surface area contributed by atoms with Gasteiger partial charge in [-0.05, 0) is 36.0 Å². The van der Waals surface area contributed by atoms with E-state index in [1.807, 2.05) is 12.1 Å². The molecule has 0 spiro atoms. The molecule has 1 fully saturated rings. The molecule has 0 bridgehead atoms. The van der Waals surface area contributed by atoms with Crippen molar-refractivity contribution in [2.45, 2.75) is 12.3 Å². The van der Waals surface area contributed by atoms with Crippen molar-refractivity contribution < 1.29 is 4.79 Å². The van der Waals surface area contributed by atoms with Gasteiger partial charge in [-0.25, -0.2) is 4.98 Å². The van der Waals surface area contributed by atoms with Crippen molar-refractivity contribution in [2.24, 2.45) is 5.92 Å². The number of hydrogen-bond acceptors (Lipinski definition) is 3. The zero-order valence-corrected chi connectivity index (χ0v) is 12.6. The van der Waals surface area contributed by atoms with E-state index < -0.39 is 0 Å². The predicted octanol–water partition coefficient (Wildman–Crippen LogP) is 3.32. The molecular formula is C15H13Cl2N3O. The van der Waals surface area contributed by atoms with Crippen molar-refractivity contribution in [3.05, 3.63) is 58.1 Å². The Kier molecular flexibility index (Phi) is 4.08. The molecule has 0 aliphatic heterocycles. The summed E-state index contributed by atoms with van der Waals surface area (Å²) in [6, 6.07) is 5.56. The lowest BCUT2D eigenvalue weighted by atomic mass is 10.1. The zero-order chi connectivity index (χ0) is 14.8. The second kappa shape index (κ2) is 6.00. The van der Waals surface area contributed by atoms with E-state index in [4.69, 9.17) is 23.2 Å². The number of hydrogen-bond donors (Lipinski definition) is 1. The molecule has 2 aromatic rings. The summed E-state index contributed by atoms with van der Waals surface area (Å²) in [5.74, 6) is 0.595. The molecular weight excluding hydrogens is 309 g/mol. The molecule has 1 aromatic heterocycles. The molecule has 0 saturated heterocycles. The predicted molar refractivity (Wildman–Crippen MR) is 81.7 cm³/mol. The molecule has 0 radical (unpaired) electrons. The Morgan fingerprint density at radius 3 is 2.90 bits per heavy atom. The Hall–Kier alpha value is -1.65. The third-order valence-electron chi connectivity index (χ3n) is 3.61. The fraction of sp³-hybridized carbons (Fsp3) is 0.267. The number of benzene rings is 1. The van der Waals surface area contributed by atoms with Gasteiger partial charge in [0.15, 0.2) is 0 Å². The molecule has 2 atom stereocenters. The van der Waals surface area contributed by atoms with Crippen molar-refractivity contribution in [3.8, 4) is 0 Å². The second-order valence-electron chi connectivity index (χ2n) is 5.07. The Morgan fingerprint density at radius 2 is 2.19 bits per heavy atom. The van der Waals surface area contributed by atoms with Crippen LogP contribution in [0.5, 0.6) is 0 Å². The first-order valence-electron chi connectivity index (χ1n) is 6.64. The average Bonchev–Trinajstić information content (AvgIpc) is 3.25. The number of nitrogens with one attached hydrogen (secondary N) is 1. The first-order valence-corrected chi connectivity index (χ1v) is 7.40. The van der Waals surface area contributed by atoms with Gasteiger partial charge < -0.3 is 5.32 Å². The molecule has 1 heterocycles. The SMILES string of the molecule is O=C(NC[C@H]1C[C@@H]1c1ccc(Cl)cc1Cl)c1cnccn1. The van der Waals surface area contributed by atoms with E-state index in [-0.39, 0.29) is 5.91 Å². The van der Waals surface area contributed by atoms with Crippen molar-refractivity contribution in [3.63, 3.8) is 0 Å². The van der Waals surface area contributed by atoms with Crippen LogP contribution >= 0.6 is 23.2 Å². The average molecular weight is 322 g/mol. The van der Waals surface area contributed by atoms with Crippen LogP contribution in [0.2, 0.25) is 10.0 Å². The summed E-state index contributed by atoms with van der Waals surface area (Å²) in [6.45, 7) is 0.610. The summed E-state index contributed by atoms with van der Waals surface area (Å²) in [4.78, 5) is 19.7. The number of nitrogens with zero attached hydrogens (tertiary/aromatic N) is 2. The van der Waals surface area contributed by atoms with Crippen LogP contribution in [-0.4, -0.2) is 22.4 Å². The number of carbonyl (C=O) groups is 1. The highest BCUT2D eigenvalue weighted by Crippen LogP contribution is 2.49. The quantitative estimate of drug-likeness (QED) is 0.939. The number of halogens is 2. The van der Waals surface area contributed by atoms with Crippen LogP contribution in [0.3, 0.4) is 0 Å². The van der Waals surface area contributed by atoms with Gasteiger partial charge in [0, 0.05) is 29.0 Å². The maximum Gasteiger partial charge on any atom is 0.271 e. The first kappa shape index (κ1) is 14.3. The summed E-state index contributed by atoms with van der Waals surface area (Å²) in [5, 5.41) is 4.21. The molecule has 6 heteroatoms. The normalized spacial score (nSPS) is 20.1. The Morgan fingerprint density at radius 1 is 1.33 bits per heavy atom. The molecule has 1 N–H and O–H groups in total. The van der Waals surface area contributed by atoms with E-state index in [2.05, 4.69) is 15.3 Å². The Bertz CT molecular complexity index is 663. The van der Waals surface area contributed by atoms with E-state index in [1.165, 1.54) is 18.6 Å². The van der Waals surface area contributed by atoms with Crippen LogP contribution in [0.4, 0.5) is 0 Å². The van der Waals surface area contributed by atoms with Crippen LogP contribution in [0, 0.1) is 5.92 Å². The van der Waals surface area contributed by atoms with Gasteiger partial charge in [-0.3, -0.25) is 9.78 Å². The maximum atomic E-state index is 11.9. The highest BCUT2D eigenvalue weighted by atomic mass is 35.5. The second-order valence-corrected chi connectivity index (χ2v) is 5.91. The van der Waals surface area contributed by atoms with Crippen molar-refractivity contribution in [2.75, 3.05) is 6.54 Å². The molecule has 1 aliphatic carbocycles. The van der Waals surface area contributed by atoms with Gasteiger partial charge in [-0.1, -0.05) is 29.3 Å². The minimum absolute atomic E-state index is 0.198. The van der Waals surface area contributed by atoms with Gasteiger partial charge in [0.25, 0.3) is 5.91 Å². The van der Waals surface area contributed by atoms with E-state index in [9.17, 15) is 4.79 Å². The Balaban J connectivity index is 1.56. The third-order valence-corrected chi connectivity index (χ3v) is 4.17. The molecule has 1 saturated carbocycles. The molecule has 1 amide bonds. The van der Waals surface area contributed by atoms with Crippen molar-refractivity contribution in [1.29, 1.82) is 0 Å². The van der Waals surface area contributed by atoms with Gasteiger partial charge in [-0.15, -0.1) is 0 Å². The molecule has 4 nitrogen and oxygen atoms in total. The molecule has 1 aromatic carbocycles. The molecule has 21 heavy (non-hydrogen) atoms. The van der Waals surface area contributed by atoms with E-state index in [0.29, 0.717) is 34.1 Å². The summed E-state index contributed by atoms with van der Waals surface area (Å²) >= 11 is 12.1. The molecule has 1 aliphatic rings. The first-order chi connectivity index (χ1) is 10.1. The molecule has 108 valence electrons. The van der Waals surface area contributed by atoms with Gasteiger partial charge in [0.2, 0.25) is 0 Å². The topological polar surface area (TPSA) is 54.9 Å². The van der Waals surface area contributed by atoms with E-state index in [1.54, 1.807) is 6.07 Å². The Labute approximate surface area is 132 Å². The van der Waals surface area contributed by atoms with E-state index >= 15 is 0 Å². The van der Waals surface area contributed by atoms with Gasteiger partial charge in [0.1, 0.15) is 5.69 Å². The highest BCUT2D eigenvalue weighted by Gasteiger charge is 2.39. The fourth-order valence-electron chi connectivity index (χ4n) is 2.39.